The number of anilines is 2. The number of alkyl halides is 3. The van der Waals surface area contributed by atoms with Crippen LogP contribution in [0.15, 0.2) is 41.3 Å². The van der Waals surface area contributed by atoms with E-state index in [-0.39, 0.29) is 59.2 Å². The number of nitrogens with one attached hydrogen (secondary N) is 1. The van der Waals surface area contributed by atoms with Crippen molar-refractivity contribution in [2.45, 2.75) is 22.9 Å². The molecule has 0 spiro atoms. The zero-order chi connectivity index (χ0) is 25.4. The highest BCUT2D eigenvalue weighted by atomic mass is 32.2. The minimum absolute atomic E-state index is 0.0367. The third-order valence-corrected chi connectivity index (χ3v) is 6.07. The number of ether oxygens (including phenoxy) is 1. The number of β-amino-alcohol motifs (C(OH)–C–C–N with tert-alkyl or cyclic N) is 1. The molecule has 1 fully saturated rings. The maximum atomic E-state index is 13.1. The quantitative estimate of drug-likeness (QED) is 0.361. The minimum atomic E-state index is -4.51. The number of hydrogen-bond donors (Lipinski definition) is 3. The SMILES string of the molecule is COc1cc(C(=O)N2CC(C)(O)C2)ccc1NCC#Cc1nn2c(N)cccc2c1SC(F)(F)F. The topological polar surface area (TPSA) is 105 Å². The van der Waals surface area contributed by atoms with Gasteiger partial charge in [-0.3, -0.25) is 4.79 Å². The van der Waals surface area contributed by atoms with Crippen LogP contribution in [0.3, 0.4) is 0 Å². The number of benzene rings is 1. The Kier molecular flexibility index (Phi) is 6.48. The number of rotatable bonds is 5. The van der Waals surface area contributed by atoms with E-state index in [1.807, 2.05) is 0 Å². The highest BCUT2D eigenvalue weighted by molar-refractivity contribution is 8.00. The summed E-state index contributed by atoms with van der Waals surface area (Å²) in [5.74, 6) is 5.83. The van der Waals surface area contributed by atoms with Crippen LogP contribution in [0.25, 0.3) is 5.52 Å². The Morgan fingerprint density at radius 2 is 2.09 bits per heavy atom. The molecule has 0 saturated carbocycles. The molecule has 1 aromatic carbocycles. The number of pyridine rings is 1. The fraction of sp³-hybridized carbons (Fsp3) is 0.304. The second-order valence-corrected chi connectivity index (χ2v) is 9.28. The summed E-state index contributed by atoms with van der Waals surface area (Å²) in [6.07, 6.45) is 0. The highest BCUT2D eigenvalue weighted by Gasteiger charge is 2.39. The zero-order valence-corrected chi connectivity index (χ0v) is 19.6. The number of methoxy groups -OCH3 is 1. The number of aliphatic hydroxyl groups is 1. The lowest BCUT2D eigenvalue weighted by atomic mass is 9.96. The maximum absolute atomic E-state index is 13.1. The number of carbonyl (C=O) groups excluding carboxylic acids is 1. The normalized spacial score (nSPS) is 14.7. The van der Waals surface area contributed by atoms with E-state index in [1.54, 1.807) is 31.2 Å². The molecule has 12 heteroatoms. The average molecular weight is 506 g/mol. The molecule has 4 N–H and O–H groups in total. The number of fused-ring (bicyclic) bond motifs is 1. The summed E-state index contributed by atoms with van der Waals surface area (Å²) in [7, 11) is 1.45. The molecular weight excluding hydrogens is 483 g/mol. The molecule has 0 aliphatic carbocycles. The minimum Gasteiger partial charge on any atom is -0.495 e. The fourth-order valence-corrected chi connectivity index (χ4v) is 4.39. The van der Waals surface area contributed by atoms with Crippen molar-refractivity contribution in [1.82, 2.24) is 14.5 Å². The van der Waals surface area contributed by atoms with Gasteiger partial charge in [-0.1, -0.05) is 12.0 Å². The predicted molar refractivity (Wildman–Crippen MR) is 126 cm³/mol. The summed E-state index contributed by atoms with van der Waals surface area (Å²) < 4.78 is 45.9. The lowest BCUT2D eigenvalue weighted by Crippen LogP contribution is -2.61. The number of likely N-dealkylation sites (tertiary alicyclic amines) is 1. The standard InChI is InChI=1S/C23H22F3N5O3S/c1-22(33)12-30(13-22)21(32)14-8-9-15(18(11-14)34-2)28-10-4-5-16-20(35-23(24,25)26)17-6-3-7-19(27)31(17)29-16/h3,6-9,11,28,33H,10,12-13,27H2,1-2H3. The van der Waals surface area contributed by atoms with Crippen LogP contribution in [0.1, 0.15) is 23.0 Å². The molecule has 184 valence electrons. The van der Waals surface area contributed by atoms with E-state index in [0.29, 0.717) is 17.0 Å². The molecule has 1 amide bonds. The number of nitrogens with two attached hydrogens (primary N) is 1. The van der Waals surface area contributed by atoms with Crippen LogP contribution in [-0.2, 0) is 0 Å². The first-order valence-corrected chi connectivity index (χ1v) is 11.2. The molecule has 1 aliphatic rings. The van der Waals surface area contributed by atoms with E-state index < -0.39 is 11.1 Å². The van der Waals surface area contributed by atoms with E-state index in [0.717, 1.165) is 0 Å². The van der Waals surface area contributed by atoms with Crippen molar-refractivity contribution in [1.29, 1.82) is 0 Å². The molecule has 4 rings (SSSR count). The first-order valence-electron chi connectivity index (χ1n) is 10.4. The summed E-state index contributed by atoms with van der Waals surface area (Å²) >= 11 is -0.288. The number of thioether (sulfide) groups is 1. The van der Waals surface area contributed by atoms with E-state index in [1.165, 1.54) is 28.7 Å². The van der Waals surface area contributed by atoms with Gasteiger partial charge in [0.2, 0.25) is 0 Å². The highest BCUT2D eigenvalue weighted by Crippen LogP contribution is 2.41. The van der Waals surface area contributed by atoms with Crippen molar-refractivity contribution in [2.24, 2.45) is 0 Å². The van der Waals surface area contributed by atoms with Crippen molar-refractivity contribution in [3.8, 4) is 17.6 Å². The Morgan fingerprint density at radius 3 is 2.74 bits per heavy atom. The molecule has 3 aromatic rings. The molecule has 8 nitrogen and oxygen atoms in total. The fourth-order valence-electron chi connectivity index (χ4n) is 3.71. The number of amides is 1. The van der Waals surface area contributed by atoms with Crippen molar-refractivity contribution < 1.29 is 27.8 Å². The van der Waals surface area contributed by atoms with Gasteiger partial charge in [-0.2, -0.15) is 18.3 Å². The van der Waals surface area contributed by atoms with Crippen LogP contribution in [0.4, 0.5) is 24.7 Å². The molecule has 1 aliphatic heterocycles. The van der Waals surface area contributed by atoms with Gasteiger partial charge >= 0.3 is 5.51 Å². The summed E-state index contributed by atoms with van der Waals surface area (Å²) in [5.41, 5.74) is 1.60. The monoisotopic (exact) mass is 505 g/mol. The number of aromatic nitrogens is 2. The molecule has 0 bridgehead atoms. The Bertz CT molecular complexity index is 1340. The van der Waals surface area contributed by atoms with Gasteiger partial charge in [-0.05, 0) is 54.9 Å². The summed E-state index contributed by atoms with van der Waals surface area (Å²) in [4.78, 5) is 14.0. The Morgan fingerprint density at radius 1 is 1.34 bits per heavy atom. The van der Waals surface area contributed by atoms with Crippen molar-refractivity contribution in [3.05, 3.63) is 47.7 Å². The maximum Gasteiger partial charge on any atom is 0.446 e. The van der Waals surface area contributed by atoms with Gasteiger partial charge in [0.1, 0.15) is 17.3 Å². The Hall–Kier alpha value is -3.56. The number of carbonyl (C=O) groups is 1. The van der Waals surface area contributed by atoms with E-state index >= 15 is 0 Å². The van der Waals surface area contributed by atoms with Crippen LogP contribution in [0.2, 0.25) is 0 Å². The van der Waals surface area contributed by atoms with E-state index in [9.17, 15) is 23.1 Å². The number of hydrogen-bond acceptors (Lipinski definition) is 7. The van der Waals surface area contributed by atoms with Gasteiger partial charge in [-0.15, -0.1) is 0 Å². The van der Waals surface area contributed by atoms with Gasteiger partial charge < -0.3 is 25.8 Å². The molecule has 35 heavy (non-hydrogen) atoms. The largest absolute Gasteiger partial charge is 0.495 e. The van der Waals surface area contributed by atoms with Crippen LogP contribution in [0, 0.1) is 11.8 Å². The Balaban J connectivity index is 1.50. The first-order chi connectivity index (χ1) is 16.5. The van der Waals surface area contributed by atoms with Crippen LogP contribution in [0.5, 0.6) is 5.75 Å². The van der Waals surface area contributed by atoms with E-state index in [4.69, 9.17) is 10.5 Å². The summed E-state index contributed by atoms with van der Waals surface area (Å²) in [6, 6.07) is 9.44. The van der Waals surface area contributed by atoms with Gasteiger partial charge in [-0.25, -0.2) is 4.52 Å². The second kappa shape index (κ2) is 9.24. The number of nitrogens with zero attached hydrogens (tertiary/aromatic N) is 3. The second-order valence-electron chi connectivity index (χ2n) is 8.20. The molecular formula is C23H22F3N5O3S. The smallest absolute Gasteiger partial charge is 0.446 e. The summed E-state index contributed by atoms with van der Waals surface area (Å²) in [5, 5.41) is 17.0. The third kappa shape index (κ3) is 5.41. The summed E-state index contributed by atoms with van der Waals surface area (Å²) in [6.45, 7) is 2.26. The van der Waals surface area contributed by atoms with Gasteiger partial charge in [0.25, 0.3) is 5.91 Å². The molecule has 3 heterocycles. The first kappa shape index (κ1) is 24.6. The molecule has 0 atom stereocenters. The predicted octanol–water partition coefficient (Wildman–Crippen LogP) is 3.21. The third-order valence-electron chi connectivity index (χ3n) is 5.23. The van der Waals surface area contributed by atoms with Crippen molar-refractivity contribution >= 4 is 34.7 Å². The van der Waals surface area contributed by atoms with Crippen LogP contribution >= 0.6 is 11.8 Å². The number of halogens is 3. The van der Waals surface area contributed by atoms with Crippen LogP contribution in [-0.4, -0.2) is 63.4 Å². The average Bonchev–Trinajstić information content (AvgIpc) is 3.11. The van der Waals surface area contributed by atoms with Gasteiger partial charge in [0.15, 0.2) is 0 Å². The molecule has 0 unspecified atom stereocenters. The van der Waals surface area contributed by atoms with Gasteiger partial charge in [0, 0.05) is 5.56 Å². The lowest BCUT2D eigenvalue weighted by molar-refractivity contribution is -0.0668. The van der Waals surface area contributed by atoms with Crippen LogP contribution < -0.4 is 15.8 Å². The van der Waals surface area contributed by atoms with E-state index in [2.05, 4.69) is 22.3 Å². The van der Waals surface area contributed by atoms with Gasteiger partial charge in [0.05, 0.1) is 48.4 Å². The molecule has 2 aromatic heterocycles. The Labute approximate surface area is 203 Å². The zero-order valence-electron chi connectivity index (χ0n) is 18.8. The van der Waals surface area contributed by atoms with Crippen molar-refractivity contribution in [2.75, 3.05) is 37.8 Å². The lowest BCUT2D eigenvalue weighted by Gasteiger charge is -2.44. The molecule has 0 radical (unpaired) electrons. The number of nitrogen functional groups attached to an aromatic ring is 1. The molecule has 1 saturated heterocycles. The van der Waals surface area contributed by atoms with Crippen molar-refractivity contribution in [3.63, 3.8) is 0 Å².